The Hall–Kier alpha value is 0.400. The summed E-state index contributed by atoms with van der Waals surface area (Å²) in [5.41, 5.74) is -0.785. The molecule has 0 amide bonds. The monoisotopic (exact) mass is 510 g/mol. The molecule has 0 bridgehead atoms. The van der Waals surface area contributed by atoms with Crippen molar-refractivity contribution in [2.24, 2.45) is 0 Å². The van der Waals surface area contributed by atoms with Gasteiger partial charge < -0.3 is 9.47 Å². The Balaban J connectivity index is 4.25. The van der Waals surface area contributed by atoms with E-state index in [4.69, 9.17) is 9.47 Å². The van der Waals surface area contributed by atoms with Gasteiger partial charge in [0.25, 0.3) is 0 Å². The maximum Gasteiger partial charge on any atom is 0.319 e. The zero-order valence-corrected chi connectivity index (χ0v) is 16.9. The second kappa shape index (κ2) is 10.2. The maximum atomic E-state index is 11.9. The van der Waals surface area contributed by atoms with E-state index < -0.39 is 5.60 Å². The number of alkyl halides is 2. The van der Waals surface area contributed by atoms with Crippen molar-refractivity contribution in [1.82, 2.24) is 0 Å². The molecule has 0 heterocycles. The van der Waals surface area contributed by atoms with Crippen LogP contribution in [0.3, 0.4) is 0 Å². The predicted molar refractivity (Wildman–Crippen MR) is 96.6 cm³/mol. The van der Waals surface area contributed by atoms with Crippen LogP contribution in [0.15, 0.2) is 0 Å². The van der Waals surface area contributed by atoms with E-state index in [9.17, 15) is 9.59 Å². The van der Waals surface area contributed by atoms with E-state index in [0.29, 0.717) is 0 Å². The molecule has 0 aliphatic rings. The average molecular weight is 510 g/mol. The van der Waals surface area contributed by atoms with Crippen molar-refractivity contribution in [2.75, 3.05) is 6.61 Å². The fraction of sp³-hybridized carbons (Fsp3) is 0.857. The highest BCUT2D eigenvalue weighted by Crippen LogP contribution is 2.18. The SMILES string of the molecule is CCCC(I)C(=O)OCC(C)(C)OC(=O)C(I)CCC. The number of ether oxygens (including phenoxy) is 2. The van der Waals surface area contributed by atoms with Crippen LogP contribution in [0.4, 0.5) is 0 Å². The van der Waals surface area contributed by atoms with E-state index in [1.54, 1.807) is 13.8 Å². The van der Waals surface area contributed by atoms with Gasteiger partial charge in [-0.1, -0.05) is 71.9 Å². The normalized spacial score (nSPS) is 14.5. The molecule has 0 aliphatic heterocycles. The fourth-order valence-corrected chi connectivity index (χ4v) is 3.00. The van der Waals surface area contributed by atoms with Gasteiger partial charge in [-0.2, -0.15) is 0 Å². The summed E-state index contributed by atoms with van der Waals surface area (Å²) in [6.07, 6.45) is 3.47. The van der Waals surface area contributed by atoms with E-state index in [0.717, 1.165) is 25.7 Å². The molecule has 0 rings (SSSR count). The van der Waals surface area contributed by atoms with Crippen LogP contribution in [0.25, 0.3) is 0 Å². The van der Waals surface area contributed by atoms with Crippen LogP contribution in [0.2, 0.25) is 0 Å². The molecule has 2 atom stereocenters. The molecule has 20 heavy (non-hydrogen) atoms. The molecule has 0 saturated heterocycles. The lowest BCUT2D eigenvalue weighted by Crippen LogP contribution is -2.37. The molecular weight excluding hydrogens is 486 g/mol. The van der Waals surface area contributed by atoms with Gasteiger partial charge in [0.15, 0.2) is 0 Å². The van der Waals surface area contributed by atoms with E-state index >= 15 is 0 Å². The van der Waals surface area contributed by atoms with Gasteiger partial charge in [-0.15, -0.1) is 0 Å². The zero-order valence-electron chi connectivity index (χ0n) is 12.6. The quantitative estimate of drug-likeness (QED) is 0.267. The van der Waals surface area contributed by atoms with E-state index in [1.165, 1.54) is 0 Å². The van der Waals surface area contributed by atoms with E-state index in [2.05, 4.69) is 45.2 Å². The van der Waals surface area contributed by atoms with Gasteiger partial charge in [0.05, 0.1) is 0 Å². The molecule has 0 N–H and O–H groups in total. The van der Waals surface area contributed by atoms with Gasteiger partial charge in [0.2, 0.25) is 0 Å². The van der Waals surface area contributed by atoms with Gasteiger partial charge in [0, 0.05) is 0 Å². The zero-order chi connectivity index (χ0) is 15.8. The number of halogens is 2. The fourth-order valence-electron chi connectivity index (χ4n) is 1.44. The minimum absolute atomic E-state index is 0.0935. The lowest BCUT2D eigenvalue weighted by molar-refractivity contribution is -0.167. The molecule has 0 radical (unpaired) electrons. The van der Waals surface area contributed by atoms with Gasteiger partial charge in [0.1, 0.15) is 20.1 Å². The van der Waals surface area contributed by atoms with Crippen molar-refractivity contribution < 1.29 is 19.1 Å². The van der Waals surface area contributed by atoms with E-state index in [-0.39, 0.29) is 26.4 Å². The number of rotatable bonds is 9. The van der Waals surface area contributed by atoms with Crippen molar-refractivity contribution in [3.8, 4) is 0 Å². The first kappa shape index (κ1) is 20.4. The molecule has 0 aromatic carbocycles. The Labute approximate surface area is 149 Å². The summed E-state index contributed by atoms with van der Waals surface area (Å²) in [4.78, 5) is 23.6. The Morgan fingerprint density at radius 3 is 1.90 bits per heavy atom. The standard InChI is InChI=1S/C14H24I2O4/c1-5-7-10(15)12(17)19-9-14(3,4)20-13(18)11(16)8-6-2/h10-11H,5-9H2,1-4H3. The number of carbonyl (C=O) groups is 2. The Kier molecular flexibility index (Phi) is 10.4. The highest BCUT2D eigenvalue weighted by Gasteiger charge is 2.29. The van der Waals surface area contributed by atoms with Gasteiger partial charge >= 0.3 is 11.9 Å². The van der Waals surface area contributed by atoms with Crippen LogP contribution in [-0.4, -0.2) is 32.0 Å². The third-order valence-corrected chi connectivity index (χ3v) is 4.80. The Morgan fingerprint density at radius 2 is 1.45 bits per heavy atom. The Morgan fingerprint density at radius 1 is 1.00 bits per heavy atom. The minimum Gasteiger partial charge on any atom is -0.461 e. The molecule has 4 nitrogen and oxygen atoms in total. The number of carbonyl (C=O) groups excluding carboxylic acids is 2. The van der Waals surface area contributed by atoms with Crippen LogP contribution < -0.4 is 0 Å². The summed E-state index contributed by atoms with van der Waals surface area (Å²) < 4.78 is 10.4. The molecule has 2 unspecified atom stereocenters. The van der Waals surface area contributed by atoms with Crippen LogP contribution in [0, 0.1) is 0 Å². The third-order valence-electron chi connectivity index (χ3n) is 2.53. The molecule has 0 saturated carbocycles. The summed E-state index contributed by atoms with van der Waals surface area (Å²) in [7, 11) is 0. The van der Waals surface area contributed by atoms with Crippen LogP contribution in [0.5, 0.6) is 0 Å². The van der Waals surface area contributed by atoms with Crippen molar-refractivity contribution in [3.05, 3.63) is 0 Å². The smallest absolute Gasteiger partial charge is 0.319 e. The molecule has 0 aliphatic carbocycles. The van der Waals surface area contributed by atoms with Crippen LogP contribution >= 0.6 is 45.2 Å². The van der Waals surface area contributed by atoms with Crippen molar-refractivity contribution in [2.45, 2.75) is 66.8 Å². The molecule has 0 aromatic rings. The van der Waals surface area contributed by atoms with Crippen LogP contribution in [-0.2, 0) is 19.1 Å². The third kappa shape index (κ3) is 8.63. The highest BCUT2D eigenvalue weighted by atomic mass is 127. The molecule has 0 aromatic heterocycles. The first-order valence-corrected chi connectivity index (χ1v) is 9.40. The van der Waals surface area contributed by atoms with Crippen molar-refractivity contribution in [3.63, 3.8) is 0 Å². The summed E-state index contributed by atoms with van der Waals surface area (Å²) in [5, 5.41) is 0. The lowest BCUT2D eigenvalue weighted by atomic mass is 10.1. The molecular formula is C14H24I2O4. The second-order valence-electron chi connectivity index (χ2n) is 5.30. The van der Waals surface area contributed by atoms with Crippen molar-refractivity contribution >= 4 is 57.1 Å². The number of hydrogen-bond donors (Lipinski definition) is 0. The largest absolute Gasteiger partial charge is 0.461 e. The van der Waals surface area contributed by atoms with Crippen molar-refractivity contribution in [1.29, 1.82) is 0 Å². The molecule has 6 heteroatoms. The van der Waals surface area contributed by atoms with Gasteiger partial charge in [-0.3, -0.25) is 9.59 Å². The van der Waals surface area contributed by atoms with E-state index in [1.807, 2.05) is 13.8 Å². The number of esters is 2. The Bertz CT molecular complexity index is 318. The number of hydrogen-bond acceptors (Lipinski definition) is 4. The van der Waals surface area contributed by atoms with Gasteiger partial charge in [-0.05, 0) is 26.7 Å². The summed E-state index contributed by atoms with van der Waals surface area (Å²) >= 11 is 4.17. The molecule has 0 spiro atoms. The molecule has 0 fully saturated rings. The summed E-state index contributed by atoms with van der Waals surface area (Å²) in [6.45, 7) is 7.67. The first-order chi connectivity index (χ1) is 9.23. The topological polar surface area (TPSA) is 52.6 Å². The minimum atomic E-state index is -0.785. The summed E-state index contributed by atoms with van der Waals surface area (Å²) in [5.74, 6) is -0.482. The maximum absolute atomic E-state index is 11.9. The van der Waals surface area contributed by atoms with Crippen LogP contribution in [0.1, 0.15) is 53.4 Å². The second-order valence-corrected chi connectivity index (χ2v) is 8.31. The first-order valence-electron chi connectivity index (χ1n) is 6.91. The lowest BCUT2D eigenvalue weighted by Gasteiger charge is -2.26. The summed E-state index contributed by atoms with van der Waals surface area (Å²) in [6, 6.07) is 0. The highest BCUT2D eigenvalue weighted by molar-refractivity contribution is 14.1. The molecule has 118 valence electrons. The average Bonchev–Trinajstić information content (AvgIpc) is 2.36. The predicted octanol–water partition coefficient (Wildman–Crippen LogP) is 4.06. The van der Waals surface area contributed by atoms with Gasteiger partial charge in [-0.25, -0.2) is 0 Å².